The standard InChI is InChI=1S/C53H33N5O2/c59-52-41-27-16-30-46(48(41)53(60)58(52)44-32-31-38(34-17-5-1-6-18-34)33-42(44)35-19-7-2-8-20-35)57-43-28-14-13-25-39(43)47-40(26-15-29-45(47)57)51-55-49(36-21-9-3-10-22-36)54-50(56-51)37-23-11-4-12-24-37/h1-33H. The minimum absolute atomic E-state index is 0.347. The van der Waals surface area contributed by atoms with Crippen LogP contribution in [0.4, 0.5) is 5.69 Å². The van der Waals surface area contributed by atoms with Gasteiger partial charge in [-0.1, -0.05) is 164 Å². The minimum atomic E-state index is -0.380. The van der Waals surface area contributed by atoms with E-state index in [1.807, 2.05) is 170 Å². The van der Waals surface area contributed by atoms with Gasteiger partial charge in [-0.25, -0.2) is 19.9 Å². The fourth-order valence-corrected chi connectivity index (χ4v) is 8.46. The molecule has 0 fully saturated rings. The molecule has 7 nitrogen and oxygen atoms in total. The number of nitrogens with zero attached hydrogens (tertiary/aromatic N) is 5. The minimum Gasteiger partial charge on any atom is -0.308 e. The highest BCUT2D eigenvalue weighted by Crippen LogP contribution is 2.43. The zero-order valence-electron chi connectivity index (χ0n) is 32.1. The monoisotopic (exact) mass is 771 g/mol. The van der Waals surface area contributed by atoms with Crippen molar-refractivity contribution in [1.29, 1.82) is 0 Å². The van der Waals surface area contributed by atoms with E-state index in [0.29, 0.717) is 40.0 Å². The number of hydrogen-bond donors (Lipinski definition) is 0. The van der Waals surface area contributed by atoms with Crippen molar-refractivity contribution in [2.75, 3.05) is 4.90 Å². The van der Waals surface area contributed by atoms with Crippen LogP contribution in [0.5, 0.6) is 0 Å². The highest BCUT2D eigenvalue weighted by Gasteiger charge is 2.40. The lowest BCUT2D eigenvalue weighted by Crippen LogP contribution is -2.30. The van der Waals surface area contributed by atoms with E-state index in [-0.39, 0.29) is 11.8 Å². The van der Waals surface area contributed by atoms with E-state index in [1.54, 1.807) is 6.07 Å². The molecular weight excluding hydrogens is 739 g/mol. The van der Waals surface area contributed by atoms with Gasteiger partial charge < -0.3 is 4.57 Å². The second-order valence-electron chi connectivity index (χ2n) is 14.7. The Morgan fingerprint density at radius 3 is 1.55 bits per heavy atom. The van der Waals surface area contributed by atoms with E-state index in [4.69, 9.17) is 15.0 Å². The fourth-order valence-electron chi connectivity index (χ4n) is 8.46. The van der Waals surface area contributed by atoms with Crippen molar-refractivity contribution in [1.82, 2.24) is 19.5 Å². The third-order valence-electron chi connectivity index (χ3n) is 11.2. The summed E-state index contributed by atoms with van der Waals surface area (Å²) in [6, 6.07) is 65.5. The highest BCUT2D eigenvalue weighted by molar-refractivity contribution is 6.36. The number of anilines is 1. The molecule has 282 valence electrons. The molecule has 0 unspecified atom stereocenters. The molecule has 0 aliphatic carbocycles. The molecule has 0 N–H and O–H groups in total. The second kappa shape index (κ2) is 14.3. The summed E-state index contributed by atoms with van der Waals surface area (Å²) in [7, 11) is 0. The van der Waals surface area contributed by atoms with Gasteiger partial charge in [0.25, 0.3) is 11.8 Å². The lowest BCUT2D eigenvalue weighted by Gasteiger charge is -2.20. The van der Waals surface area contributed by atoms with E-state index in [2.05, 4.69) is 28.8 Å². The Morgan fingerprint density at radius 2 is 0.883 bits per heavy atom. The molecule has 1 aliphatic heterocycles. The molecule has 60 heavy (non-hydrogen) atoms. The molecule has 11 rings (SSSR count). The highest BCUT2D eigenvalue weighted by atomic mass is 16.2. The summed E-state index contributed by atoms with van der Waals surface area (Å²) < 4.78 is 2.09. The SMILES string of the molecule is O=C1c2cccc(-n3c4ccccc4c4c(-c5nc(-c6ccccc6)nc(-c6ccccc6)n5)cccc43)c2C(=O)N1c1ccc(-c2ccccc2)cc1-c1ccccc1. The van der Waals surface area contributed by atoms with Crippen LogP contribution in [-0.4, -0.2) is 31.3 Å². The molecule has 0 atom stereocenters. The molecule has 1 aliphatic rings. The number of benzene rings is 8. The number of hydrogen-bond acceptors (Lipinski definition) is 5. The van der Waals surface area contributed by atoms with E-state index < -0.39 is 0 Å². The Bertz CT molecular complexity index is 3230. The van der Waals surface area contributed by atoms with Crippen LogP contribution in [0.15, 0.2) is 200 Å². The van der Waals surface area contributed by atoms with E-state index in [1.165, 1.54) is 4.90 Å². The van der Waals surface area contributed by atoms with E-state index >= 15 is 4.79 Å². The first kappa shape index (κ1) is 34.9. The summed E-state index contributed by atoms with van der Waals surface area (Å²) in [4.78, 5) is 46.1. The van der Waals surface area contributed by atoms with Crippen molar-refractivity contribution in [2.24, 2.45) is 0 Å². The Hall–Kier alpha value is -8.29. The largest absolute Gasteiger partial charge is 0.308 e. The lowest BCUT2D eigenvalue weighted by atomic mass is 9.97. The van der Waals surface area contributed by atoms with E-state index in [0.717, 1.165) is 60.8 Å². The number of imide groups is 1. The third kappa shape index (κ3) is 5.71. The van der Waals surface area contributed by atoms with Crippen LogP contribution in [0.2, 0.25) is 0 Å². The molecule has 0 saturated heterocycles. The summed E-state index contributed by atoms with van der Waals surface area (Å²) >= 11 is 0. The lowest BCUT2D eigenvalue weighted by molar-refractivity contribution is 0.0926. The van der Waals surface area contributed by atoms with Crippen molar-refractivity contribution in [3.63, 3.8) is 0 Å². The summed E-state index contributed by atoms with van der Waals surface area (Å²) in [5.74, 6) is 0.915. The molecule has 0 bridgehead atoms. The van der Waals surface area contributed by atoms with Crippen LogP contribution < -0.4 is 4.90 Å². The molecule has 0 spiro atoms. The molecule has 0 saturated carbocycles. The van der Waals surface area contributed by atoms with Gasteiger partial charge in [0.1, 0.15) is 0 Å². The van der Waals surface area contributed by atoms with Gasteiger partial charge in [-0.2, -0.15) is 0 Å². The summed E-state index contributed by atoms with van der Waals surface area (Å²) in [5.41, 5.74) is 9.87. The first-order valence-corrected chi connectivity index (χ1v) is 19.8. The van der Waals surface area contributed by atoms with Gasteiger partial charge in [0, 0.05) is 33.0 Å². The summed E-state index contributed by atoms with van der Waals surface area (Å²) in [6.45, 7) is 0. The molecule has 2 amide bonds. The molecule has 7 heteroatoms. The van der Waals surface area contributed by atoms with Gasteiger partial charge in [-0.05, 0) is 53.1 Å². The molecule has 2 aromatic heterocycles. The topological polar surface area (TPSA) is 81.0 Å². The molecule has 8 aromatic carbocycles. The number of aromatic nitrogens is 4. The van der Waals surface area contributed by atoms with Gasteiger partial charge in [-0.15, -0.1) is 0 Å². The normalized spacial score (nSPS) is 12.4. The van der Waals surface area contributed by atoms with Crippen LogP contribution in [0, 0.1) is 0 Å². The van der Waals surface area contributed by atoms with Crippen LogP contribution in [0.1, 0.15) is 20.7 Å². The molecular formula is C53H33N5O2. The van der Waals surface area contributed by atoms with E-state index in [9.17, 15) is 4.79 Å². The number of rotatable bonds is 7. The molecule has 0 radical (unpaired) electrons. The maximum absolute atomic E-state index is 15.0. The van der Waals surface area contributed by atoms with Gasteiger partial charge in [0.05, 0.1) is 33.5 Å². The predicted octanol–water partition coefficient (Wildman–Crippen LogP) is 12.1. The quantitative estimate of drug-likeness (QED) is 0.151. The summed E-state index contributed by atoms with van der Waals surface area (Å²) in [5, 5.41) is 1.88. The van der Waals surface area contributed by atoms with Crippen LogP contribution >= 0.6 is 0 Å². The number of fused-ring (bicyclic) bond motifs is 4. The molecule has 10 aromatic rings. The van der Waals surface area contributed by atoms with Crippen molar-refractivity contribution >= 4 is 39.3 Å². The van der Waals surface area contributed by atoms with Crippen molar-refractivity contribution in [2.45, 2.75) is 0 Å². The van der Waals surface area contributed by atoms with Gasteiger partial charge >= 0.3 is 0 Å². The maximum Gasteiger partial charge on any atom is 0.268 e. The van der Waals surface area contributed by atoms with Crippen molar-refractivity contribution in [3.8, 4) is 62.1 Å². The zero-order valence-corrected chi connectivity index (χ0v) is 32.1. The van der Waals surface area contributed by atoms with Crippen LogP contribution in [-0.2, 0) is 0 Å². The number of amides is 2. The fraction of sp³-hybridized carbons (Fsp3) is 0. The van der Waals surface area contributed by atoms with Crippen molar-refractivity contribution in [3.05, 3.63) is 211 Å². The first-order valence-electron chi connectivity index (χ1n) is 19.8. The number of para-hydroxylation sites is 1. The first-order chi connectivity index (χ1) is 29.6. The van der Waals surface area contributed by atoms with Gasteiger partial charge in [0.15, 0.2) is 17.5 Å². The Morgan fingerprint density at radius 1 is 0.350 bits per heavy atom. The van der Waals surface area contributed by atoms with Crippen LogP contribution in [0.25, 0.3) is 83.9 Å². The van der Waals surface area contributed by atoms with Crippen LogP contribution in [0.3, 0.4) is 0 Å². The maximum atomic E-state index is 15.0. The second-order valence-corrected chi connectivity index (χ2v) is 14.7. The summed E-state index contributed by atoms with van der Waals surface area (Å²) in [6.07, 6.45) is 0. The average molecular weight is 772 g/mol. The number of carbonyl (C=O) groups is 2. The predicted molar refractivity (Wildman–Crippen MR) is 239 cm³/mol. The smallest absolute Gasteiger partial charge is 0.268 e. The third-order valence-corrected chi connectivity index (χ3v) is 11.2. The van der Waals surface area contributed by atoms with Gasteiger partial charge in [-0.3, -0.25) is 9.59 Å². The average Bonchev–Trinajstić information content (AvgIpc) is 3.80. The zero-order chi connectivity index (χ0) is 40.2. The van der Waals surface area contributed by atoms with Crippen molar-refractivity contribution < 1.29 is 9.59 Å². The molecule has 3 heterocycles. The Balaban J connectivity index is 1.10. The number of carbonyl (C=O) groups excluding carboxylic acids is 2. The Kier molecular flexibility index (Phi) is 8.30. The Labute approximate surface area is 345 Å². The van der Waals surface area contributed by atoms with Gasteiger partial charge in [0.2, 0.25) is 0 Å².